The largest absolute Gasteiger partial charge is 0.212 e. The van der Waals surface area contributed by atoms with E-state index in [0.29, 0.717) is 5.92 Å². The van der Waals surface area contributed by atoms with E-state index in [0.717, 1.165) is 6.42 Å². The molecule has 122 valence electrons. The Morgan fingerprint density at radius 3 is 2.33 bits per heavy atom. The molecule has 0 radical (unpaired) electrons. The summed E-state index contributed by atoms with van der Waals surface area (Å²) in [6.07, 6.45) is 3.30. The lowest BCUT2D eigenvalue weighted by molar-refractivity contribution is -0.660. The van der Waals surface area contributed by atoms with Crippen LogP contribution in [0.3, 0.4) is 0 Å². The monoisotopic (exact) mass is 316 g/mol. The molecule has 1 heterocycles. The standard InChI is InChI=1S/C23H26N/c1-17(2)14-19-12-13-24(4)23(15-19)22-16-21(11-10-18(22)3)20-8-6-5-7-9-20/h5-13,15-17H,14H2,1-4H3/q+1. The van der Waals surface area contributed by atoms with Gasteiger partial charge < -0.3 is 0 Å². The third-order valence-electron chi connectivity index (χ3n) is 4.48. The molecule has 0 aliphatic heterocycles. The summed E-state index contributed by atoms with van der Waals surface area (Å²) in [5.74, 6) is 0.669. The molecule has 0 spiro atoms. The third kappa shape index (κ3) is 3.56. The van der Waals surface area contributed by atoms with Crippen LogP contribution in [0.1, 0.15) is 25.0 Å². The van der Waals surface area contributed by atoms with E-state index in [-0.39, 0.29) is 0 Å². The molecule has 0 amide bonds. The van der Waals surface area contributed by atoms with Gasteiger partial charge in [-0.05, 0) is 47.6 Å². The maximum atomic E-state index is 2.34. The Morgan fingerprint density at radius 1 is 0.875 bits per heavy atom. The second-order valence-electron chi connectivity index (χ2n) is 7.02. The predicted octanol–water partition coefficient (Wildman–Crippen LogP) is 5.35. The summed E-state index contributed by atoms with van der Waals surface area (Å²) < 4.78 is 2.22. The Balaban J connectivity index is 2.09. The van der Waals surface area contributed by atoms with E-state index in [9.17, 15) is 0 Å². The van der Waals surface area contributed by atoms with Gasteiger partial charge in [0.1, 0.15) is 7.05 Å². The molecular formula is C23H26N+. The Bertz CT molecular complexity index is 832. The molecule has 24 heavy (non-hydrogen) atoms. The molecule has 2 aromatic carbocycles. The molecular weight excluding hydrogens is 290 g/mol. The lowest BCUT2D eigenvalue weighted by Gasteiger charge is -2.10. The van der Waals surface area contributed by atoms with Crippen LogP contribution < -0.4 is 4.57 Å². The van der Waals surface area contributed by atoms with Crippen molar-refractivity contribution in [1.82, 2.24) is 0 Å². The van der Waals surface area contributed by atoms with Crippen molar-refractivity contribution in [2.75, 3.05) is 0 Å². The first kappa shape index (κ1) is 16.4. The smallest absolute Gasteiger partial charge is 0.201 e. The molecule has 0 atom stereocenters. The minimum absolute atomic E-state index is 0.669. The molecule has 0 N–H and O–H groups in total. The van der Waals surface area contributed by atoms with Crippen LogP contribution in [-0.4, -0.2) is 0 Å². The zero-order valence-electron chi connectivity index (χ0n) is 15.1. The number of aryl methyl sites for hydroxylation is 2. The van der Waals surface area contributed by atoms with Crippen molar-refractivity contribution >= 4 is 0 Å². The lowest BCUT2D eigenvalue weighted by atomic mass is 9.96. The van der Waals surface area contributed by atoms with Crippen LogP contribution in [-0.2, 0) is 13.5 Å². The topological polar surface area (TPSA) is 3.88 Å². The van der Waals surface area contributed by atoms with E-state index in [1.807, 2.05) is 0 Å². The summed E-state index contributed by atoms with van der Waals surface area (Å²) in [6, 6.07) is 21.9. The average Bonchev–Trinajstić information content (AvgIpc) is 2.58. The van der Waals surface area contributed by atoms with Gasteiger partial charge in [-0.3, -0.25) is 0 Å². The molecule has 3 aromatic rings. The van der Waals surface area contributed by atoms with Crippen LogP contribution in [0.2, 0.25) is 0 Å². The molecule has 1 heteroatoms. The first-order chi connectivity index (χ1) is 11.5. The van der Waals surface area contributed by atoms with E-state index >= 15 is 0 Å². The maximum Gasteiger partial charge on any atom is 0.212 e. The summed E-state index contributed by atoms with van der Waals surface area (Å²) in [7, 11) is 2.13. The Labute approximate surface area is 145 Å². The van der Waals surface area contributed by atoms with Crippen molar-refractivity contribution in [1.29, 1.82) is 0 Å². The zero-order chi connectivity index (χ0) is 17.1. The fourth-order valence-electron chi connectivity index (χ4n) is 3.19. The molecule has 1 nitrogen and oxygen atoms in total. The van der Waals surface area contributed by atoms with E-state index in [1.54, 1.807) is 0 Å². The number of rotatable bonds is 4. The molecule has 0 fully saturated rings. The molecule has 0 unspecified atom stereocenters. The fraction of sp³-hybridized carbons (Fsp3) is 0.261. The number of nitrogens with zero attached hydrogens (tertiary/aromatic N) is 1. The van der Waals surface area contributed by atoms with Crippen molar-refractivity contribution in [2.24, 2.45) is 13.0 Å². The van der Waals surface area contributed by atoms with Crippen LogP contribution in [0.25, 0.3) is 22.4 Å². The summed E-state index contributed by atoms with van der Waals surface area (Å²) in [4.78, 5) is 0. The van der Waals surface area contributed by atoms with E-state index in [2.05, 4.69) is 99.2 Å². The minimum Gasteiger partial charge on any atom is -0.201 e. The van der Waals surface area contributed by atoms with Gasteiger partial charge in [0.2, 0.25) is 5.69 Å². The van der Waals surface area contributed by atoms with Gasteiger partial charge in [-0.15, -0.1) is 0 Å². The normalized spacial score (nSPS) is 11.0. The van der Waals surface area contributed by atoms with Crippen LogP contribution in [0.4, 0.5) is 0 Å². The van der Waals surface area contributed by atoms with Crippen LogP contribution >= 0.6 is 0 Å². The van der Waals surface area contributed by atoms with E-state index in [4.69, 9.17) is 0 Å². The van der Waals surface area contributed by atoms with Gasteiger partial charge in [-0.2, -0.15) is 0 Å². The van der Waals surface area contributed by atoms with Crippen molar-refractivity contribution in [3.63, 3.8) is 0 Å². The number of pyridine rings is 1. The van der Waals surface area contributed by atoms with E-state index in [1.165, 1.54) is 33.5 Å². The van der Waals surface area contributed by atoms with Crippen LogP contribution in [0.15, 0.2) is 66.9 Å². The third-order valence-corrected chi connectivity index (χ3v) is 4.48. The van der Waals surface area contributed by atoms with Gasteiger partial charge in [0.15, 0.2) is 6.20 Å². The Morgan fingerprint density at radius 2 is 1.62 bits per heavy atom. The van der Waals surface area contributed by atoms with E-state index < -0.39 is 0 Å². The predicted molar refractivity (Wildman–Crippen MR) is 102 cm³/mol. The number of hydrogen-bond donors (Lipinski definition) is 0. The van der Waals surface area contributed by atoms with Gasteiger partial charge in [-0.1, -0.05) is 56.3 Å². The van der Waals surface area contributed by atoms with Crippen LogP contribution in [0, 0.1) is 12.8 Å². The Hall–Kier alpha value is -2.41. The zero-order valence-corrected chi connectivity index (χ0v) is 15.1. The molecule has 0 saturated heterocycles. The summed E-state index contributed by atoms with van der Waals surface area (Å²) >= 11 is 0. The average molecular weight is 316 g/mol. The number of hydrogen-bond acceptors (Lipinski definition) is 0. The maximum absolute atomic E-state index is 2.34. The SMILES string of the molecule is Cc1ccc(-c2ccccc2)cc1-c1cc(CC(C)C)cc[n+]1C. The van der Waals surface area contributed by atoms with Gasteiger partial charge >= 0.3 is 0 Å². The number of benzene rings is 2. The molecule has 0 aliphatic carbocycles. The van der Waals surface area contributed by atoms with Gasteiger partial charge in [-0.25, -0.2) is 4.57 Å². The summed E-state index contributed by atoms with van der Waals surface area (Å²) in [6.45, 7) is 6.74. The molecule has 3 rings (SSSR count). The van der Waals surface area contributed by atoms with Gasteiger partial charge in [0.05, 0.1) is 0 Å². The summed E-state index contributed by atoms with van der Waals surface area (Å²) in [5, 5.41) is 0. The van der Waals surface area contributed by atoms with Crippen molar-refractivity contribution in [2.45, 2.75) is 27.2 Å². The molecule has 0 bridgehead atoms. The highest BCUT2D eigenvalue weighted by Crippen LogP contribution is 2.28. The Kier molecular flexibility index (Phi) is 4.80. The van der Waals surface area contributed by atoms with Gasteiger partial charge in [0, 0.05) is 17.7 Å². The first-order valence-electron chi connectivity index (χ1n) is 8.69. The first-order valence-corrected chi connectivity index (χ1v) is 8.69. The highest BCUT2D eigenvalue weighted by Gasteiger charge is 2.15. The quantitative estimate of drug-likeness (QED) is 0.571. The van der Waals surface area contributed by atoms with Crippen molar-refractivity contribution in [3.8, 4) is 22.4 Å². The fourth-order valence-corrected chi connectivity index (χ4v) is 3.19. The highest BCUT2D eigenvalue weighted by atomic mass is 14.9. The molecule has 0 saturated carbocycles. The lowest BCUT2D eigenvalue weighted by Crippen LogP contribution is -2.30. The van der Waals surface area contributed by atoms with Crippen molar-refractivity contribution < 1.29 is 4.57 Å². The summed E-state index contributed by atoms with van der Waals surface area (Å²) in [5.41, 5.74) is 7.84. The number of aromatic nitrogens is 1. The second kappa shape index (κ2) is 7.00. The second-order valence-corrected chi connectivity index (χ2v) is 7.02. The van der Waals surface area contributed by atoms with Crippen molar-refractivity contribution in [3.05, 3.63) is 78.0 Å². The van der Waals surface area contributed by atoms with Crippen LogP contribution in [0.5, 0.6) is 0 Å². The molecule has 1 aromatic heterocycles. The highest BCUT2D eigenvalue weighted by molar-refractivity contribution is 5.72. The van der Waals surface area contributed by atoms with Gasteiger partial charge in [0.25, 0.3) is 0 Å². The minimum atomic E-state index is 0.669. The molecule has 0 aliphatic rings.